The summed E-state index contributed by atoms with van der Waals surface area (Å²) in [5.41, 5.74) is 0.752. The van der Waals surface area contributed by atoms with Crippen molar-refractivity contribution < 1.29 is 0 Å². The number of benzene rings is 2. The van der Waals surface area contributed by atoms with Gasteiger partial charge in [-0.25, -0.2) is 0 Å². The van der Waals surface area contributed by atoms with Gasteiger partial charge in [0.2, 0.25) is 0 Å². The lowest BCUT2D eigenvalue weighted by Gasteiger charge is -2.25. The van der Waals surface area contributed by atoms with E-state index < -0.39 is 0 Å². The second-order valence-electron chi connectivity index (χ2n) is 5.74. The molecule has 0 aliphatic rings. The summed E-state index contributed by atoms with van der Waals surface area (Å²) in [5.74, 6) is 0. The lowest BCUT2D eigenvalue weighted by molar-refractivity contribution is 0.629. The van der Waals surface area contributed by atoms with Crippen LogP contribution in [0.2, 0.25) is 0 Å². The first kappa shape index (κ1) is 16.2. The normalized spacial score (nSPS) is 12.5. The largest absolute Gasteiger partial charge is 0.0654 e. The predicted octanol–water partition coefficient (Wildman–Crippen LogP) is 5.48. The summed E-state index contributed by atoms with van der Waals surface area (Å²) in [6, 6.07) is 22.2. The third-order valence-electron chi connectivity index (χ3n) is 3.98. The summed E-state index contributed by atoms with van der Waals surface area (Å²) in [6.45, 7) is 4.72. The molecule has 0 saturated carbocycles. The van der Waals surface area contributed by atoms with Crippen LogP contribution in [0, 0.1) is 0 Å². The summed E-state index contributed by atoms with van der Waals surface area (Å²) >= 11 is 0. The van der Waals surface area contributed by atoms with Crippen molar-refractivity contribution in [2.75, 3.05) is 0 Å². The highest BCUT2D eigenvalue weighted by molar-refractivity contribution is 7.73. The van der Waals surface area contributed by atoms with Gasteiger partial charge in [0.05, 0.1) is 0 Å². The van der Waals surface area contributed by atoms with Gasteiger partial charge < -0.3 is 0 Å². The highest BCUT2D eigenvalue weighted by Crippen LogP contribution is 2.41. The lowest BCUT2D eigenvalue weighted by Crippen LogP contribution is -2.19. The molecule has 0 aliphatic carbocycles. The molecule has 1 atom stereocenters. The van der Waals surface area contributed by atoms with Crippen molar-refractivity contribution in [3.63, 3.8) is 0 Å². The maximum Gasteiger partial charge on any atom is -0.0157 e. The van der Waals surface area contributed by atoms with Crippen molar-refractivity contribution in [1.29, 1.82) is 0 Å². The van der Waals surface area contributed by atoms with E-state index in [1.807, 2.05) is 0 Å². The van der Waals surface area contributed by atoms with E-state index in [2.05, 4.69) is 74.5 Å². The monoisotopic (exact) mass is 298 g/mol. The summed E-state index contributed by atoms with van der Waals surface area (Å²) in [6.07, 6.45) is 6.79. The quantitative estimate of drug-likeness (QED) is 0.447. The molecule has 0 heterocycles. The smallest absolute Gasteiger partial charge is 0.0157 e. The Balaban J connectivity index is 2.13. The first-order valence-corrected chi connectivity index (χ1v) is 9.63. The number of unbranched alkanes of at least 4 members (excludes halogenated alkanes) is 3. The van der Waals surface area contributed by atoms with Crippen molar-refractivity contribution in [1.82, 2.24) is 0 Å². The molecule has 0 aliphatic heterocycles. The average molecular weight is 298 g/mol. The maximum absolute atomic E-state index is 2.44. The fraction of sp³-hybridized carbons (Fsp3) is 0.400. The molecule has 112 valence electrons. The number of hydrogen-bond donors (Lipinski definition) is 0. The molecule has 0 radical (unpaired) electrons. The van der Waals surface area contributed by atoms with Crippen LogP contribution in [0.15, 0.2) is 60.7 Å². The Bertz CT molecular complexity index is 452. The highest BCUT2D eigenvalue weighted by Gasteiger charge is 2.20. The highest BCUT2D eigenvalue weighted by atomic mass is 31.1. The van der Waals surface area contributed by atoms with Crippen LogP contribution >= 0.6 is 7.92 Å². The van der Waals surface area contributed by atoms with Crippen LogP contribution in [0.5, 0.6) is 0 Å². The molecular weight excluding hydrogens is 271 g/mol. The third kappa shape index (κ3) is 4.97. The number of rotatable bonds is 8. The van der Waals surface area contributed by atoms with Crippen LogP contribution in [-0.4, -0.2) is 5.66 Å². The molecule has 2 aromatic rings. The third-order valence-corrected chi connectivity index (χ3v) is 6.83. The second-order valence-corrected chi connectivity index (χ2v) is 8.39. The number of hydrogen-bond acceptors (Lipinski definition) is 0. The minimum Gasteiger partial charge on any atom is -0.0654 e. The van der Waals surface area contributed by atoms with Gasteiger partial charge in [0.15, 0.2) is 0 Å². The second kappa shape index (κ2) is 9.00. The van der Waals surface area contributed by atoms with Crippen LogP contribution < -0.4 is 10.6 Å². The topological polar surface area (TPSA) is 0 Å². The van der Waals surface area contributed by atoms with E-state index in [0.717, 1.165) is 5.66 Å². The van der Waals surface area contributed by atoms with Gasteiger partial charge in [-0.15, -0.1) is 0 Å². The van der Waals surface area contributed by atoms with Crippen LogP contribution in [0.25, 0.3) is 0 Å². The van der Waals surface area contributed by atoms with Gasteiger partial charge in [0.25, 0.3) is 0 Å². The van der Waals surface area contributed by atoms with E-state index >= 15 is 0 Å². The fourth-order valence-corrected chi connectivity index (χ4v) is 5.57. The molecule has 0 N–H and O–H groups in total. The lowest BCUT2D eigenvalue weighted by atomic mass is 10.1. The van der Waals surface area contributed by atoms with Gasteiger partial charge >= 0.3 is 0 Å². The van der Waals surface area contributed by atoms with E-state index in [1.54, 1.807) is 0 Å². The molecular formula is C20H27P. The Morgan fingerprint density at radius 2 is 1.29 bits per heavy atom. The van der Waals surface area contributed by atoms with Crippen molar-refractivity contribution in [2.45, 2.75) is 51.6 Å². The Labute approximate surface area is 131 Å². The first-order valence-electron chi connectivity index (χ1n) is 8.22. The Morgan fingerprint density at radius 3 is 1.76 bits per heavy atom. The van der Waals surface area contributed by atoms with E-state index in [1.165, 1.54) is 42.7 Å². The standard InChI is InChI=1S/C20H27P/c1-3-4-5-8-13-18(2)21(19-14-9-6-10-15-19)20-16-11-7-12-17-20/h6-7,9-12,14-18H,3-5,8,13H2,1-2H3/t18-/m0/s1. The molecule has 0 nitrogen and oxygen atoms in total. The van der Waals surface area contributed by atoms with Crippen LogP contribution in [0.3, 0.4) is 0 Å². The van der Waals surface area contributed by atoms with Gasteiger partial charge in [-0.2, -0.15) is 0 Å². The fourth-order valence-electron chi connectivity index (χ4n) is 2.83. The van der Waals surface area contributed by atoms with Gasteiger partial charge in [0, 0.05) is 0 Å². The van der Waals surface area contributed by atoms with E-state index in [-0.39, 0.29) is 7.92 Å². The predicted molar refractivity (Wildman–Crippen MR) is 97.3 cm³/mol. The molecule has 21 heavy (non-hydrogen) atoms. The van der Waals surface area contributed by atoms with E-state index in [0.29, 0.717) is 0 Å². The summed E-state index contributed by atoms with van der Waals surface area (Å²) in [7, 11) is -0.233. The molecule has 0 aromatic heterocycles. The Kier molecular flexibility index (Phi) is 6.96. The minimum absolute atomic E-state index is 0.233. The summed E-state index contributed by atoms with van der Waals surface area (Å²) < 4.78 is 0. The van der Waals surface area contributed by atoms with Crippen molar-refractivity contribution in [3.05, 3.63) is 60.7 Å². The molecule has 0 spiro atoms. The zero-order valence-corrected chi connectivity index (χ0v) is 14.2. The van der Waals surface area contributed by atoms with Crippen LogP contribution in [-0.2, 0) is 0 Å². The molecule has 0 fully saturated rings. The van der Waals surface area contributed by atoms with Crippen molar-refractivity contribution >= 4 is 18.5 Å². The zero-order valence-electron chi connectivity index (χ0n) is 13.3. The molecule has 0 bridgehead atoms. The van der Waals surface area contributed by atoms with Gasteiger partial charge in [-0.3, -0.25) is 0 Å². The first-order chi connectivity index (χ1) is 10.3. The Morgan fingerprint density at radius 1 is 0.762 bits per heavy atom. The zero-order chi connectivity index (χ0) is 14.9. The maximum atomic E-state index is 2.44. The molecule has 0 unspecified atom stereocenters. The minimum atomic E-state index is -0.233. The van der Waals surface area contributed by atoms with E-state index in [9.17, 15) is 0 Å². The summed E-state index contributed by atoms with van der Waals surface area (Å²) in [4.78, 5) is 0. The average Bonchev–Trinajstić information content (AvgIpc) is 2.54. The SMILES string of the molecule is CCCCCC[C@H](C)P(c1ccccc1)c1ccccc1. The van der Waals surface area contributed by atoms with Gasteiger partial charge in [-0.05, 0) is 30.6 Å². The molecule has 1 heteroatoms. The van der Waals surface area contributed by atoms with Crippen LogP contribution in [0.1, 0.15) is 46.0 Å². The van der Waals surface area contributed by atoms with Gasteiger partial charge in [0.1, 0.15) is 0 Å². The summed E-state index contributed by atoms with van der Waals surface area (Å²) in [5, 5.41) is 3.03. The molecule has 0 saturated heterocycles. The van der Waals surface area contributed by atoms with Crippen molar-refractivity contribution in [2.24, 2.45) is 0 Å². The van der Waals surface area contributed by atoms with Gasteiger partial charge in [-0.1, -0.05) is 100 Å². The molecule has 2 aromatic carbocycles. The Hall–Kier alpha value is -1.13. The van der Waals surface area contributed by atoms with E-state index in [4.69, 9.17) is 0 Å². The van der Waals surface area contributed by atoms with Crippen molar-refractivity contribution in [3.8, 4) is 0 Å². The molecule has 2 rings (SSSR count). The van der Waals surface area contributed by atoms with Crippen LogP contribution in [0.4, 0.5) is 0 Å². The molecule has 0 amide bonds.